The fraction of sp³-hybridized carbons (Fsp3) is 0.520. The van der Waals surface area contributed by atoms with Crippen molar-refractivity contribution in [3.63, 3.8) is 0 Å². The highest BCUT2D eigenvalue weighted by molar-refractivity contribution is 7.92. The summed E-state index contributed by atoms with van der Waals surface area (Å²) in [6.07, 6.45) is 4.56. The van der Waals surface area contributed by atoms with Gasteiger partial charge in [0.25, 0.3) is 5.91 Å². The average molecular weight is 506 g/mol. The maximum absolute atomic E-state index is 12.3. The maximum atomic E-state index is 12.3. The van der Waals surface area contributed by atoms with E-state index in [0.29, 0.717) is 26.1 Å². The Morgan fingerprint density at radius 2 is 2.03 bits per heavy atom. The second kappa shape index (κ2) is 14.4. The van der Waals surface area contributed by atoms with Gasteiger partial charge in [0.15, 0.2) is 5.75 Å². The summed E-state index contributed by atoms with van der Waals surface area (Å²) in [4.78, 5) is 28.0. The van der Waals surface area contributed by atoms with Gasteiger partial charge in [-0.25, -0.2) is 0 Å². The monoisotopic (exact) mass is 505 g/mol. The van der Waals surface area contributed by atoms with Gasteiger partial charge in [0.2, 0.25) is 5.91 Å². The molecule has 1 saturated heterocycles. The van der Waals surface area contributed by atoms with Crippen LogP contribution in [0.4, 0.5) is 5.00 Å². The van der Waals surface area contributed by atoms with E-state index in [9.17, 15) is 14.1 Å². The number of rotatable bonds is 13. The zero-order chi connectivity index (χ0) is 24.2. The highest BCUT2D eigenvalue weighted by Crippen LogP contribution is 2.21. The zero-order valence-electron chi connectivity index (χ0n) is 19.9. The van der Waals surface area contributed by atoms with Gasteiger partial charge < -0.3 is 14.6 Å². The molecule has 1 aliphatic heterocycles. The molecule has 34 heavy (non-hydrogen) atoms. The van der Waals surface area contributed by atoms with Crippen LogP contribution in [0.1, 0.15) is 38.2 Å². The normalized spacial score (nSPS) is 15.0. The zero-order valence-corrected chi connectivity index (χ0v) is 21.5. The fourth-order valence-corrected chi connectivity index (χ4v) is 5.63. The largest absolute Gasteiger partial charge is 0.616 e. The Balaban J connectivity index is 1.28. The van der Waals surface area contributed by atoms with Crippen molar-refractivity contribution >= 4 is 39.3 Å². The molecule has 1 unspecified atom stereocenters. The lowest BCUT2D eigenvalue weighted by molar-refractivity contribution is -0.118. The molecule has 0 spiro atoms. The Bertz CT molecular complexity index is 888. The highest BCUT2D eigenvalue weighted by atomic mass is 32.2. The van der Waals surface area contributed by atoms with E-state index in [1.165, 1.54) is 56.2 Å². The summed E-state index contributed by atoms with van der Waals surface area (Å²) in [6.45, 7) is 6.09. The van der Waals surface area contributed by atoms with E-state index in [0.717, 1.165) is 17.3 Å². The van der Waals surface area contributed by atoms with Crippen molar-refractivity contribution in [3.05, 3.63) is 47.3 Å². The van der Waals surface area contributed by atoms with Crippen LogP contribution in [0.3, 0.4) is 0 Å². The van der Waals surface area contributed by atoms with Crippen molar-refractivity contribution < 1.29 is 18.9 Å². The number of thiophene rings is 1. The minimum Gasteiger partial charge on any atom is -0.616 e. The molecule has 2 heterocycles. The second-order valence-corrected chi connectivity index (χ2v) is 10.9. The average Bonchev–Trinajstić information content (AvgIpc) is 3.34. The molecule has 1 fully saturated rings. The first-order chi connectivity index (χ1) is 16.5. The van der Waals surface area contributed by atoms with Crippen LogP contribution in [-0.2, 0) is 27.3 Å². The van der Waals surface area contributed by atoms with Crippen LogP contribution in [0, 0.1) is 0 Å². The van der Waals surface area contributed by atoms with Gasteiger partial charge in [0, 0.05) is 20.0 Å². The molecule has 1 atom stereocenters. The van der Waals surface area contributed by atoms with Gasteiger partial charge in [-0.3, -0.25) is 19.4 Å². The number of piperidine rings is 1. The third-order valence-corrected chi connectivity index (χ3v) is 7.77. The smallest absolute Gasteiger partial charge is 0.269 e. The number of benzene rings is 1. The predicted octanol–water partition coefficient (Wildman–Crippen LogP) is 3.42. The molecule has 7 nitrogen and oxygen atoms in total. The number of amides is 2. The summed E-state index contributed by atoms with van der Waals surface area (Å²) >= 11 is 0.132. The molecule has 0 saturated carbocycles. The second-order valence-electron chi connectivity index (χ2n) is 8.45. The van der Waals surface area contributed by atoms with E-state index >= 15 is 0 Å². The molecule has 1 aliphatic rings. The first kappa shape index (κ1) is 26.5. The molecule has 0 aliphatic carbocycles. The first-order valence-corrected chi connectivity index (χ1v) is 14.3. The van der Waals surface area contributed by atoms with E-state index in [4.69, 9.17) is 4.74 Å². The number of hydrogen-bond donors (Lipinski definition) is 1. The summed E-state index contributed by atoms with van der Waals surface area (Å²) in [5.41, 5.74) is 1.26. The summed E-state index contributed by atoms with van der Waals surface area (Å²) in [7, 11) is 0. The molecule has 1 N–H and O–H groups in total. The van der Waals surface area contributed by atoms with Crippen LogP contribution in [0.2, 0.25) is 0 Å². The van der Waals surface area contributed by atoms with Gasteiger partial charge >= 0.3 is 0 Å². The minimum absolute atomic E-state index is 0.0599. The predicted molar refractivity (Wildman–Crippen MR) is 139 cm³/mol. The van der Waals surface area contributed by atoms with E-state index < -0.39 is 11.2 Å². The number of carbonyl (C=O) groups is 2. The molecule has 1 aromatic carbocycles. The van der Waals surface area contributed by atoms with Crippen molar-refractivity contribution in [2.24, 2.45) is 0 Å². The number of hydrogen-bond acceptors (Lipinski definition) is 6. The molecular formula is C25H35N3O4S2. The number of likely N-dealkylation sites (tertiary alicyclic amines) is 1. The Hall–Kier alpha value is -2.07. The number of nitrogens with one attached hydrogen (secondary N) is 1. The summed E-state index contributed by atoms with van der Waals surface area (Å²) in [5, 5.41) is 5.53. The number of nitrogens with zero attached hydrogens (tertiary/aromatic N) is 2. The number of anilines is 1. The topological polar surface area (TPSA) is 84.9 Å². The standard InChI is InChI=1S/C25H35N3O4S2/c1-21(29)28(25-10-6-16-33-25)14-17-34(31)20-24(30)26-11-7-15-32-23-9-5-8-22(18-23)19-27-12-3-2-4-13-27/h5-6,8-10,16,18H,2-4,7,11-15,17,19-20H2,1H3,(H,26,30). The third-order valence-electron chi connectivity index (χ3n) is 5.65. The van der Waals surface area contributed by atoms with Gasteiger partial charge in [0.05, 0.1) is 18.2 Å². The molecule has 9 heteroatoms. The molecule has 3 rings (SSSR count). The van der Waals surface area contributed by atoms with E-state index in [1.54, 1.807) is 4.90 Å². The molecule has 0 radical (unpaired) electrons. The summed E-state index contributed by atoms with van der Waals surface area (Å²) in [5.74, 6) is 0.716. The molecule has 0 bridgehead atoms. The van der Waals surface area contributed by atoms with Crippen LogP contribution in [0.15, 0.2) is 41.8 Å². The van der Waals surface area contributed by atoms with Crippen LogP contribution in [0.25, 0.3) is 0 Å². The van der Waals surface area contributed by atoms with Crippen molar-refractivity contribution in [1.82, 2.24) is 10.2 Å². The van der Waals surface area contributed by atoms with Crippen LogP contribution in [0.5, 0.6) is 5.75 Å². The van der Waals surface area contributed by atoms with Crippen LogP contribution < -0.4 is 15.0 Å². The van der Waals surface area contributed by atoms with E-state index in [2.05, 4.69) is 22.3 Å². The van der Waals surface area contributed by atoms with Gasteiger partial charge in [-0.05, 0) is 78.7 Å². The van der Waals surface area contributed by atoms with Gasteiger partial charge in [-0.1, -0.05) is 18.6 Å². The molecule has 2 aromatic rings. The number of ether oxygens (including phenoxy) is 1. The molecular weight excluding hydrogens is 470 g/mol. The third kappa shape index (κ3) is 9.29. The lowest BCUT2D eigenvalue weighted by atomic mass is 10.1. The van der Waals surface area contributed by atoms with Crippen molar-refractivity contribution in [2.45, 2.75) is 39.2 Å². The lowest BCUT2D eigenvalue weighted by Gasteiger charge is -2.26. The van der Waals surface area contributed by atoms with Gasteiger partial charge in [-0.15, -0.1) is 11.3 Å². The maximum Gasteiger partial charge on any atom is 0.269 e. The Kier molecular flexibility index (Phi) is 11.2. The highest BCUT2D eigenvalue weighted by Gasteiger charge is 2.18. The first-order valence-electron chi connectivity index (χ1n) is 11.9. The summed E-state index contributed by atoms with van der Waals surface area (Å²) < 4.78 is 18.1. The van der Waals surface area contributed by atoms with Crippen LogP contribution in [-0.4, -0.2) is 65.6 Å². The minimum atomic E-state index is -1.33. The van der Waals surface area contributed by atoms with Crippen molar-refractivity contribution in [1.29, 1.82) is 0 Å². The van der Waals surface area contributed by atoms with Gasteiger partial charge in [-0.2, -0.15) is 0 Å². The number of carbonyl (C=O) groups excluding carboxylic acids is 2. The quantitative estimate of drug-likeness (QED) is 0.333. The van der Waals surface area contributed by atoms with Gasteiger partial charge in [0.1, 0.15) is 11.5 Å². The Morgan fingerprint density at radius 3 is 2.76 bits per heavy atom. The van der Waals surface area contributed by atoms with E-state index in [-0.39, 0.29) is 23.3 Å². The summed E-state index contributed by atoms with van der Waals surface area (Å²) in [6, 6.07) is 11.9. The van der Waals surface area contributed by atoms with Crippen molar-refractivity contribution in [2.75, 3.05) is 49.2 Å². The lowest BCUT2D eigenvalue weighted by Crippen LogP contribution is -2.37. The van der Waals surface area contributed by atoms with Crippen molar-refractivity contribution in [3.8, 4) is 5.75 Å². The van der Waals surface area contributed by atoms with Crippen LogP contribution >= 0.6 is 11.3 Å². The molecule has 1 aromatic heterocycles. The fourth-order valence-electron chi connectivity index (χ4n) is 3.91. The molecule has 186 valence electrons. The van der Waals surface area contributed by atoms with E-state index in [1.807, 2.05) is 29.6 Å². The SMILES string of the molecule is CC(=O)N(CC[S+]([O-])CC(=O)NCCCOc1cccc(CN2CCCCC2)c1)c1cccs1. The Morgan fingerprint density at radius 1 is 1.21 bits per heavy atom. The molecule has 2 amide bonds. The Labute approximate surface area is 209 Å².